The van der Waals surface area contributed by atoms with Crippen LogP contribution in [0.3, 0.4) is 0 Å². The predicted octanol–water partition coefficient (Wildman–Crippen LogP) is 2.61. The minimum atomic E-state index is -1.16. The van der Waals surface area contributed by atoms with Gasteiger partial charge in [-0.25, -0.2) is 0 Å². The highest BCUT2D eigenvalue weighted by Crippen LogP contribution is 2.17. The Bertz CT molecular complexity index is 454. The Labute approximate surface area is 111 Å². The molecule has 0 bridgehead atoms. The maximum absolute atomic E-state index is 12.2. The highest BCUT2D eigenvalue weighted by molar-refractivity contribution is 7.85. The molecule has 0 aliphatic carbocycles. The van der Waals surface area contributed by atoms with Crippen LogP contribution in [0, 0.1) is 19.8 Å². The smallest absolute Gasteiger partial charge is 0.309 e. The molecule has 0 N–H and O–H groups in total. The zero-order valence-electron chi connectivity index (χ0n) is 11.4. The predicted molar refractivity (Wildman–Crippen MR) is 73.0 cm³/mol. The standard InChI is InChI=1S/C14H20O3S/c1-5-17-14(15)12(4)9-18(16)13-7-6-10(2)8-11(13)3/h6-8,12H,5,9H2,1-4H3. The number of carbonyl (C=O) groups is 1. The van der Waals surface area contributed by atoms with E-state index in [2.05, 4.69) is 0 Å². The molecule has 0 amide bonds. The van der Waals surface area contributed by atoms with E-state index in [0.29, 0.717) is 12.4 Å². The fourth-order valence-corrected chi connectivity index (χ4v) is 3.13. The first kappa shape index (κ1) is 14.9. The lowest BCUT2D eigenvalue weighted by Crippen LogP contribution is -2.21. The number of hydrogen-bond donors (Lipinski definition) is 0. The van der Waals surface area contributed by atoms with E-state index in [1.165, 1.54) is 0 Å². The number of rotatable bonds is 5. The Morgan fingerprint density at radius 2 is 2.06 bits per heavy atom. The Morgan fingerprint density at radius 3 is 2.61 bits per heavy atom. The molecular formula is C14H20O3S. The quantitative estimate of drug-likeness (QED) is 0.771. The number of hydrogen-bond acceptors (Lipinski definition) is 3. The molecule has 2 unspecified atom stereocenters. The second kappa shape index (κ2) is 6.69. The first-order valence-corrected chi connectivity index (χ1v) is 7.39. The summed E-state index contributed by atoms with van der Waals surface area (Å²) in [6.45, 7) is 7.82. The average molecular weight is 268 g/mol. The van der Waals surface area contributed by atoms with Gasteiger partial charge < -0.3 is 4.74 Å². The van der Waals surface area contributed by atoms with Gasteiger partial charge in [0.1, 0.15) is 0 Å². The van der Waals surface area contributed by atoms with Crippen LogP contribution in [-0.2, 0) is 20.3 Å². The molecule has 1 rings (SSSR count). The summed E-state index contributed by atoms with van der Waals surface area (Å²) in [6, 6.07) is 5.82. The van der Waals surface area contributed by atoms with E-state index in [9.17, 15) is 9.00 Å². The SMILES string of the molecule is CCOC(=O)C(C)CS(=O)c1ccc(C)cc1C. The molecule has 0 aromatic heterocycles. The van der Waals surface area contributed by atoms with Crippen molar-refractivity contribution < 1.29 is 13.7 Å². The van der Waals surface area contributed by atoms with Crippen LogP contribution in [0.25, 0.3) is 0 Å². The summed E-state index contributed by atoms with van der Waals surface area (Å²) in [4.78, 5) is 12.3. The van der Waals surface area contributed by atoms with Crippen LogP contribution >= 0.6 is 0 Å². The number of carbonyl (C=O) groups excluding carboxylic acids is 1. The minimum absolute atomic E-state index is 0.282. The monoisotopic (exact) mass is 268 g/mol. The molecule has 0 saturated carbocycles. The molecular weight excluding hydrogens is 248 g/mol. The first-order valence-electron chi connectivity index (χ1n) is 6.08. The third-order valence-corrected chi connectivity index (χ3v) is 4.42. The van der Waals surface area contributed by atoms with Crippen LogP contribution in [0.4, 0.5) is 0 Å². The van der Waals surface area contributed by atoms with Crippen molar-refractivity contribution in [2.75, 3.05) is 12.4 Å². The van der Waals surface area contributed by atoms with Crippen molar-refractivity contribution >= 4 is 16.8 Å². The third-order valence-electron chi connectivity index (χ3n) is 2.67. The van der Waals surface area contributed by atoms with Gasteiger partial charge in [-0.15, -0.1) is 0 Å². The lowest BCUT2D eigenvalue weighted by atomic mass is 10.2. The van der Waals surface area contributed by atoms with Gasteiger partial charge >= 0.3 is 5.97 Å². The summed E-state index contributed by atoms with van der Waals surface area (Å²) in [5, 5.41) is 0. The van der Waals surface area contributed by atoms with Gasteiger partial charge in [-0.2, -0.15) is 0 Å². The molecule has 0 saturated heterocycles. The molecule has 0 heterocycles. The lowest BCUT2D eigenvalue weighted by molar-refractivity contribution is -0.146. The van der Waals surface area contributed by atoms with E-state index in [-0.39, 0.29) is 11.9 Å². The van der Waals surface area contributed by atoms with Gasteiger partial charge in [0.15, 0.2) is 0 Å². The topological polar surface area (TPSA) is 43.4 Å². The zero-order valence-corrected chi connectivity index (χ0v) is 12.2. The fraction of sp³-hybridized carbons (Fsp3) is 0.500. The molecule has 0 aliphatic rings. The normalized spacial score (nSPS) is 14.0. The first-order chi connectivity index (χ1) is 8.45. The number of ether oxygens (including phenoxy) is 1. The van der Waals surface area contributed by atoms with Crippen LogP contribution in [0.15, 0.2) is 23.1 Å². The van der Waals surface area contributed by atoms with E-state index < -0.39 is 10.8 Å². The molecule has 0 spiro atoms. The Balaban J connectivity index is 2.73. The largest absolute Gasteiger partial charge is 0.466 e. The summed E-state index contributed by atoms with van der Waals surface area (Å²) in [6.07, 6.45) is 0. The van der Waals surface area contributed by atoms with Gasteiger partial charge in [-0.1, -0.05) is 24.6 Å². The van der Waals surface area contributed by atoms with E-state index in [1.807, 2.05) is 32.0 Å². The zero-order chi connectivity index (χ0) is 13.7. The molecule has 0 radical (unpaired) electrons. The summed E-state index contributed by atoms with van der Waals surface area (Å²) >= 11 is 0. The highest BCUT2D eigenvalue weighted by Gasteiger charge is 2.19. The van der Waals surface area contributed by atoms with Crippen molar-refractivity contribution in [3.63, 3.8) is 0 Å². The van der Waals surface area contributed by atoms with Crippen LogP contribution in [0.5, 0.6) is 0 Å². The maximum atomic E-state index is 12.2. The molecule has 1 aromatic carbocycles. The molecule has 2 atom stereocenters. The maximum Gasteiger partial charge on any atom is 0.309 e. The second-order valence-electron chi connectivity index (χ2n) is 4.43. The molecule has 0 fully saturated rings. The molecule has 18 heavy (non-hydrogen) atoms. The molecule has 0 aliphatic heterocycles. The van der Waals surface area contributed by atoms with Crippen molar-refractivity contribution in [2.24, 2.45) is 5.92 Å². The van der Waals surface area contributed by atoms with Crippen LogP contribution < -0.4 is 0 Å². The Morgan fingerprint density at radius 1 is 1.39 bits per heavy atom. The van der Waals surface area contributed by atoms with Crippen molar-refractivity contribution in [3.8, 4) is 0 Å². The average Bonchev–Trinajstić information content (AvgIpc) is 2.28. The fourth-order valence-electron chi connectivity index (χ4n) is 1.72. The minimum Gasteiger partial charge on any atom is -0.466 e. The van der Waals surface area contributed by atoms with Crippen molar-refractivity contribution in [1.82, 2.24) is 0 Å². The number of benzene rings is 1. The summed E-state index contributed by atoms with van der Waals surface area (Å²) in [5.74, 6) is -0.315. The van der Waals surface area contributed by atoms with Crippen LogP contribution in [-0.4, -0.2) is 22.5 Å². The van der Waals surface area contributed by atoms with Crippen molar-refractivity contribution in [2.45, 2.75) is 32.6 Å². The lowest BCUT2D eigenvalue weighted by Gasteiger charge is -2.11. The Hall–Kier alpha value is -1.16. The molecule has 3 nitrogen and oxygen atoms in total. The third kappa shape index (κ3) is 3.95. The van der Waals surface area contributed by atoms with Crippen molar-refractivity contribution in [1.29, 1.82) is 0 Å². The van der Waals surface area contributed by atoms with Gasteiger partial charge in [0.2, 0.25) is 0 Å². The van der Waals surface area contributed by atoms with Gasteiger partial charge in [-0.3, -0.25) is 9.00 Å². The van der Waals surface area contributed by atoms with E-state index in [4.69, 9.17) is 4.74 Å². The molecule has 100 valence electrons. The van der Waals surface area contributed by atoms with E-state index >= 15 is 0 Å². The van der Waals surface area contributed by atoms with Gasteiger partial charge in [-0.05, 0) is 32.4 Å². The summed E-state index contributed by atoms with van der Waals surface area (Å²) < 4.78 is 17.1. The van der Waals surface area contributed by atoms with E-state index in [1.54, 1.807) is 13.8 Å². The van der Waals surface area contributed by atoms with Crippen LogP contribution in [0.1, 0.15) is 25.0 Å². The molecule has 4 heteroatoms. The highest BCUT2D eigenvalue weighted by atomic mass is 32.2. The number of esters is 1. The van der Waals surface area contributed by atoms with Crippen molar-refractivity contribution in [3.05, 3.63) is 29.3 Å². The van der Waals surface area contributed by atoms with Crippen LogP contribution in [0.2, 0.25) is 0 Å². The summed E-state index contributed by atoms with van der Waals surface area (Å²) in [7, 11) is -1.16. The summed E-state index contributed by atoms with van der Waals surface area (Å²) in [5.41, 5.74) is 2.15. The second-order valence-corrected chi connectivity index (χ2v) is 5.90. The number of aryl methyl sites for hydroxylation is 2. The van der Waals surface area contributed by atoms with E-state index in [0.717, 1.165) is 16.0 Å². The van der Waals surface area contributed by atoms with Gasteiger partial charge in [0, 0.05) is 10.6 Å². The van der Waals surface area contributed by atoms with Gasteiger partial charge in [0.05, 0.1) is 23.3 Å². The molecule has 1 aromatic rings. The Kier molecular flexibility index (Phi) is 5.54. The van der Waals surface area contributed by atoms with Gasteiger partial charge in [0.25, 0.3) is 0 Å².